The predicted molar refractivity (Wildman–Crippen MR) is 85.1 cm³/mol. The maximum Gasteiger partial charge on any atom is 0.256 e. The molecule has 2 rings (SSSR count). The van der Waals surface area contributed by atoms with Gasteiger partial charge in [0.1, 0.15) is 0 Å². The van der Waals surface area contributed by atoms with Gasteiger partial charge in [-0.2, -0.15) is 0 Å². The van der Waals surface area contributed by atoms with Gasteiger partial charge >= 0.3 is 0 Å². The fourth-order valence-corrected chi connectivity index (χ4v) is 2.41. The molecule has 0 saturated heterocycles. The van der Waals surface area contributed by atoms with Crippen LogP contribution in [0.4, 0.5) is 5.69 Å². The molecule has 1 amide bonds. The Morgan fingerprint density at radius 1 is 1.19 bits per heavy atom. The molecule has 0 saturated carbocycles. The van der Waals surface area contributed by atoms with Gasteiger partial charge in [-0.1, -0.05) is 17.3 Å². The molecule has 0 aliphatic carbocycles. The molecule has 4 N–H and O–H groups in total. The Labute approximate surface area is 126 Å². The Morgan fingerprint density at radius 2 is 1.86 bits per heavy atom. The lowest BCUT2D eigenvalue weighted by Gasteiger charge is -2.09. The Bertz CT molecular complexity index is 669. The SMILES string of the molecule is CSc1ccccc1C(=O)Nc1ccc(C(N)=NO)cc1. The van der Waals surface area contributed by atoms with Crippen LogP contribution < -0.4 is 11.1 Å². The summed E-state index contributed by atoms with van der Waals surface area (Å²) in [5.74, 6) is -0.142. The number of carbonyl (C=O) groups is 1. The molecule has 21 heavy (non-hydrogen) atoms. The number of nitrogens with two attached hydrogens (primary N) is 1. The molecule has 0 aliphatic heterocycles. The second kappa shape index (κ2) is 6.81. The smallest absolute Gasteiger partial charge is 0.256 e. The van der Waals surface area contributed by atoms with E-state index < -0.39 is 0 Å². The number of thioether (sulfide) groups is 1. The van der Waals surface area contributed by atoms with Crippen molar-refractivity contribution in [2.75, 3.05) is 11.6 Å². The molecule has 0 aromatic heterocycles. The van der Waals surface area contributed by atoms with E-state index in [0.29, 0.717) is 16.8 Å². The quantitative estimate of drug-likeness (QED) is 0.266. The summed E-state index contributed by atoms with van der Waals surface area (Å²) < 4.78 is 0. The Morgan fingerprint density at radius 3 is 2.48 bits per heavy atom. The number of amides is 1. The standard InChI is InChI=1S/C15H15N3O2S/c1-21-13-5-3-2-4-12(13)15(19)17-11-8-6-10(7-9-11)14(16)18-20/h2-9,20H,1H3,(H2,16,18)(H,17,19). The molecule has 0 spiro atoms. The van der Waals surface area contributed by atoms with Gasteiger partial charge in [-0.05, 0) is 42.7 Å². The van der Waals surface area contributed by atoms with Crippen LogP contribution >= 0.6 is 11.8 Å². The number of rotatable bonds is 4. The highest BCUT2D eigenvalue weighted by atomic mass is 32.2. The fraction of sp³-hybridized carbons (Fsp3) is 0.0667. The summed E-state index contributed by atoms with van der Waals surface area (Å²) in [5, 5.41) is 14.3. The highest BCUT2D eigenvalue weighted by Gasteiger charge is 2.10. The van der Waals surface area contributed by atoms with E-state index in [2.05, 4.69) is 10.5 Å². The van der Waals surface area contributed by atoms with Crippen molar-refractivity contribution in [1.82, 2.24) is 0 Å². The third-order valence-electron chi connectivity index (χ3n) is 2.90. The van der Waals surface area contributed by atoms with Crippen molar-refractivity contribution in [3.05, 3.63) is 59.7 Å². The molecule has 6 heteroatoms. The van der Waals surface area contributed by atoms with Gasteiger partial charge in [0.25, 0.3) is 5.91 Å². The molecular weight excluding hydrogens is 286 g/mol. The molecule has 0 radical (unpaired) electrons. The zero-order chi connectivity index (χ0) is 15.2. The molecule has 0 unspecified atom stereocenters. The topological polar surface area (TPSA) is 87.7 Å². The number of amidine groups is 1. The van der Waals surface area contributed by atoms with Crippen molar-refractivity contribution in [2.45, 2.75) is 4.90 Å². The van der Waals surface area contributed by atoms with E-state index in [1.54, 1.807) is 30.3 Å². The first-order chi connectivity index (χ1) is 10.2. The van der Waals surface area contributed by atoms with E-state index in [0.717, 1.165) is 4.90 Å². The van der Waals surface area contributed by atoms with Gasteiger partial charge in [-0.15, -0.1) is 11.8 Å². The second-order valence-corrected chi connectivity index (χ2v) is 5.07. The van der Waals surface area contributed by atoms with Crippen molar-refractivity contribution in [2.24, 2.45) is 10.9 Å². The van der Waals surface area contributed by atoms with Crippen LogP contribution in [0.25, 0.3) is 0 Å². The predicted octanol–water partition coefficient (Wildman–Crippen LogP) is 2.76. The highest BCUT2D eigenvalue weighted by Crippen LogP contribution is 2.21. The number of benzene rings is 2. The van der Waals surface area contributed by atoms with E-state index in [1.165, 1.54) is 11.8 Å². The maximum atomic E-state index is 12.3. The minimum absolute atomic E-state index is 0.0283. The number of carbonyl (C=O) groups excluding carboxylic acids is 1. The molecule has 108 valence electrons. The van der Waals surface area contributed by atoms with Gasteiger partial charge in [0.05, 0.1) is 5.56 Å². The number of nitrogens with zero attached hydrogens (tertiary/aromatic N) is 1. The average Bonchev–Trinajstić information content (AvgIpc) is 2.54. The average molecular weight is 301 g/mol. The normalized spacial score (nSPS) is 11.2. The second-order valence-electron chi connectivity index (χ2n) is 4.22. The summed E-state index contributed by atoms with van der Waals surface area (Å²) in [6.45, 7) is 0. The maximum absolute atomic E-state index is 12.3. The molecule has 0 heterocycles. The van der Waals surface area contributed by atoms with Crippen molar-refractivity contribution >= 4 is 29.2 Å². The number of hydrogen-bond acceptors (Lipinski definition) is 4. The van der Waals surface area contributed by atoms with Crippen LogP contribution in [0.2, 0.25) is 0 Å². The fourth-order valence-electron chi connectivity index (χ4n) is 1.81. The van der Waals surface area contributed by atoms with Crippen molar-refractivity contribution in [3.8, 4) is 0 Å². The minimum Gasteiger partial charge on any atom is -0.409 e. The van der Waals surface area contributed by atoms with Crippen LogP contribution in [-0.2, 0) is 0 Å². The summed E-state index contributed by atoms with van der Waals surface area (Å²) in [5.41, 5.74) is 7.34. The lowest BCUT2D eigenvalue weighted by atomic mass is 10.1. The van der Waals surface area contributed by atoms with Crippen LogP contribution in [0.3, 0.4) is 0 Å². The minimum atomic E-state index is -0.170. The zero-order valence-corrected chi connectivity index (χ0v) is 12.2. The number of anilines is 1. The molecule has 0 atom stereocenters. The van der Waals surface area contributed by atoms with Gasteiger partial charge in [0, 0.05) is 16.1 Å². The van der Waals surface area contributed by atoms with Crippen LogP contribution in [0, 0.1) is 0 Å². The first-order valence-electron chi connectivity index (χ1n) is 6.18. The van der Waals surface area contributed by atoms with E-state index in [-0.39, 0.29) is 11.7 Å². The lowest BCUT2D eigenvalue weighted by molar-refractivity contribution is 0.102. The first-order valence-corrected chi connectivity index (χ1v) is 7.40. The Kier molecular flexibility index (Phi) is 4.84. The first kappa shape index (κ1) is 14.9. The molecule has 5 nitrogen and oxygen atoms in total. The zero-order valence-electron chi connectivity index (χ0n) is 11.4. The summed E-state index contributed by atoms with van der Waals surface area (Å²) in [7, 11) is 0. The van der Waals surface area contributed by atoms with Crippen molar-refractivity contribution in [1.29, 1.82) is 0 Å². The van der Waals surface area contributed by atoms with Crippen LogP contribution in [0.5, 0.6) is 0 Å². The highest BCUT2D eigenvalue weighted by molar-refractivity contribution is 7.98. The van der Waals surface area contributed by atoms with Gasteiger partial charge < -0.3 is 16.3 Å². The number of nitrogens with one attached hydrogen (secondary N) is 1. The van der Waals surface area contributed by atoms with Gasteiger partial charge in [-0.3, -0.25) is 4.79 Å². The summed E-state index contributed by atoms with van der Waals surface area (Å²) in [6, 6.07) is 14.2. The summed E-state index contributed by atoms with van der Waals surface area (Å²) >= 11 is 1.52. The number of hydrogen-bond donors (Lipinski definition) is 3. The Balaban J connectivity index is 2.16. The van der Waals surface area contributed by atoms with Gasteiger partial charge in [0.2, 0.25) is 0 Å². The van der Waals surface area contributed by atoms with Crippen LogP contribution in [-0.4, -0.2) is 23.2 Å². The summed E-state index contributed by atoms with van der Waals surface area (Å²) in [4.78, 5) is 13.2. The van der Waals surface area contributed by atoms with Crippen molar-refractivity contribution in [3.63, 3.8) is 0 Å². The lowest BCUT2D eigenvalue weighted by Crippen LogP contribution is -2.14. The summed E-state index contributed by atoms with van der Waals surface area (Å²) in [6.07, 6.45) is 1.93. The monoisotopic (exact) mass is 301 g/mol. The molecule has 0 bridgehead atoms. The van der Waals surface area contributed by atoms with E-state index in [9.17, 15) is 4.79 Å². The van der Waals surface area contributed by atoms with E-state index in [4.69, 9.17) is 10.9 Å². The molecule has 2 aromatic carbocycles. The largest absolute Gasteiger partial charge is 0.409 e. The van der Waals surface area contributed by atoms with E-state index >= 15 is 0 Å². The van der Waals surface area contributed by atoms with Crippen LogP contribution in [0.15, 0.2) is 58.6 Å². The molecule has 0 aliphatic rings. The Hall–Kier alpha value is -2.47. The van der Waals surface area contributed by atoms with Gasteiger partial charge in [-0.25, -0.2) is 0 Å². The van der Waals surface area contributed by atoms with Crippen molar-refractivity contribution < 1.29 is 10.0 Å². The van der Waals surface area contributed by atoms with E-state index in [1.807, 2.05) is 24.5 Å². The third kappa shape index (κ3) is 3.55. The van der Waals surface area contributed by atoms with Gasteiger partial charge in [0.15, 0.2) is 5.84 Å². The third-order valence-corrected chi connectivity index (χ3v) is 3.69. The molecule has 2 aromatic rings. The molecular formula is C15H15N3O2S. The molecule has 0 fully saturated rings. The van der Waals surface area contributed by atoms with Crippen LogP contribution in [0.1, 0.15) is 15.9 Å². The number of oxime groups is 1.